The molecule has 24 heavy (non-hydrogen) atoms. The van der Waals surface area contributed by atoms with Crippen LogP contribution in [0.25, 0.3) is 0 Å². The summed E-state index contributed by atoms with van der Waals surface area (Å²) in [6, 6.07) is 15.9. The van der Waals surface area contributed by atoms with Gasteiger partial charge in [-0.2, -0.15) is 0 Å². The van der Waals surface area contributed by atoms with Crippen LogP contribution in [0.4, 0.5) is 4.79 Å². The number of urea groups is 1. The number of hydrogen-bond acceptors (Lipinski definition) is 3. The van der Waals surface area contributed by atoms with Crippen LogP contribution in [0.3, 0.4) is 0 Å². The highest BCUT2D eigenvalue weighted by Crippen LogP contribution is 2.15. The molecule has 2 rings (SSSR count). The summed E-state index contributed by atoms with van der Waals surface area (Å²) >= 11 is 0. The molecular weight excluding hydrogens is 300 g/mol. The van der Waals surface area contributed by atoms with Crippen molar-refractivity contribution in [3.05, 3.63) is 66.0 Å². The number of benzene rings is 1. The van der Waals surface area contributed by atoms with E-state index >= 15 is 0 Å². The fourth-order valence-corrected chi connectivity index (χ4v) is 2.50. The lowest BCUT2D eigenvalue weighted by molar-refractivity contribution is 0.234. The first-order chi connectivity index (χ1) is 11.5. The van der Waals surface area contributed by atoms with Gasteiger partial charge in [0, 0.05) is 24.3 Å². The number of amides is 2. The first-order valence-electron chi connectivity index (χ1n) is 8.20. The van der Waals surface area contributed by atoms with E-state index in [4.69, 9.17) is 0 Å². The van der Waals surface area contributed by atoms with E-state index in [0.29, 0.717) is 13.1 Å². The second-order valence-corrected chi connectivity index (χ2v) is 6.52. The maximum atomic E-state index is 11.9. The number of carbonyl (C=O) groups excluding carboxylic acids is 1. The Balaban J connectivity index is 1.76. The molecule has 0 bridgehead atoms. The number of hydrogen-bond donors (Lipinski definition) is 3. The van der Waals surface area contributed by atoms with Crippen molar-refractivity contribution in [2.45, 2.75) is 38.9 Å². The van der Waals surface area contributed by atoms with E-state index in [0.717, 1.165) is 5.69 Å². The first-order valence-corrected chi connectivity index (χ1v) is 8.20. The number of nitrogens with one attached hydrogen (secondary N) is 3. The zero-order chi connectivity index (χ0) is 17.4. The molecule has 2 aromatic rings. The molecule has 0 aliphatic carbocycles. The molecule has 0 unspecified atom stereocenters. The third-order valence-corrected chi connectivity index (χ3v) is 3.75. The Morgan fingerprint density at radius 1 is 1.08 bits per heavy atom. The predicted molar refractivity (Wildman–Crippen MR) is 96.5 cm³/mol. The topological polar surface area (TPSA) is 66.0 Å². The fraction of sp³-hybridized carbons (Fsp3) is 0.368. The van der Waals surface area contributed by atoms with E-state index in [1.54, 1.807) is 6.20 Å². The van der Waals surface area contributed by atoms with Crippen molar-refractivity contribution >= 4 is 6.03 Å². The smallest absolute Gasteiger partial charge is 0.315 e. The average Bonchev–Trinajstić information content (AvgIpc) is 2.59. The number of rotatable bonds is 7. The van der Waals surface area contributed by atoms with Crippen molar-refractivity contribution in [3.8, 4) is 0 Å². The Hall–Kier alpha value is -2.40. The molecule has 1 atom stereocenters. The molecule has 128 valence electrons. The third-order valence-electron chi connectivity index (χ3n) is 3.75. The highest BCUT2D eigenvalue weighted by Gasteiger charge is 2.21. The van der Waals surface area contributed by atoms with Crippen LogP contribution in [0, 0.1) is 0 Å². The highest BCUT2D eigenvalue weighted by atomic mass is 16.2. The van der Waals surface area contributed by atoms with Crippen LogP contribution in [0.2, 0.25) is 0 Å². The van der Waals surface area contributed by atoms with E-state index in [1.165, 1.54) is 5.56 Å². The zero-order valence-corrected chi connectivity index (χ0v) is 14.5. The van der Waals surface area contributed by atoms with Crippen molar-refractivity contribution < 1.29 is 4.79 Å². The normalized spacial score (nSPS) is 12.5. The van der Waals surface area contributed by atoms with Crippen molar-refractivity contribution in [2.75, 3.05) is 6.54 Å². The van der Waals surface area contributed by atoms with Gasteiger partial charge in [0.2, 0.25) is 0 Å². The summed E-state index contributed by atoms with van der Waals surface area (Å²) in [6.07, 6.45) is 1.72. The van der Waals surface area contributed by atoms with Gasteiger partial charge in [-0.3, -0.25) is 4.98 Å². The van der Waals surface area contributed by atoms with Gasteiger partial charge in [0.1, 0.15) is 0 Å². The molecule has 5 nitrogen and oxygen atoms in total. The Bertz CT molecular complexity index is 628. The Kier molecular flexibility index (Phi) is 6.32. The lowest BCUT2D eigenvalue weighted by atomic mass is 10.0. The van der Waals surface area contributed by atoms with Gasteiger partial charge in [0.25, 0.3) is 0 Å². The quantitative estimate of drug-likeness (QED) is 0.733. The van der Waals surface area contributed by atoms with Crippen molar-refractivity contribution in [3.63, 3.8) is 0 Å². The predicted octanol–water partition coefficient (Wildman–Crippen LogP) is 3.01. The SMILES string of the molecule is C[C@@H](NC(C)(C)CNC(=O)NCc1ccccn1)c1ccccc1. The lowest BCUT2D eigenvalue weighted by Gasteiger charge is -2.30. The number of aromatic nitrogens is 1. The van der Waals surface area contributed by atoms with Crippen molar-refractivity contribution in [1.29, 1.82) is 0 Å². The minimum atomic E-state index is -0.225. The molecule has 1 heterocycles. The summed E-state index contributed by atoms with van der Waals surface area (Å²) < 4.78 is 0. The molecule has 0 fully saturated rings. The van der Waals surface area contributed by atoms with Crippen LogP contribution < -0.4 is 16.0 Å². The summed E-state index contributed by atoms with van der Waals surface area (Å²) in [4.78, 5) is 16.1. The van der Waals surface area contributed by atoms with Gasteiger partial charge in [-0.1, -0.05) is 36.4 Å². The Morgan fingerprint density at radius 3 is 2.46 bits per heavy atom. The highest BCUT2D eigenvalue weighted by molar-refractivity contribution is 5.73. The van der Waals surface area contributed by atoms with Crippen LogP contribution in [0.5, 0.6) is 0 Å². The zero-order valence-electron chi connectivity index (χ0n) is 14.5. The van der Waals surface area contributed by atoms with Gasteiger partial charge in [-0.25, -0.2) is 4.79 Å². The van der Waals surface area contributed by atoms with Gasteiger partial charge < -0.3 is 16.0 Å². The van der Waals surface area contributed by atoms with Crippen LogP contribution in [-0.2, 0) is 6.54 Å². The summed E-state index contributed by atoms with van der Waals surface area (Å²) in [5, 5.41) is 9.27. The van der Waals surface area contributed by atoms with E-state index in [1.807, 2.05) is 36.4 Å². The molecule has 5 heteroatoms. The van der Waals surface area contributed by atoms with E-state index in [9.17, 15) is 4.79 Å². The fourth-order valence-electron chi connectivity index (χ4n) is 2.50. The van der Waals surface area contributed by atoms with Crippen molar-refractivity contribution in [1.82, 2.24) is 20.9 Å². The van der Waals surface area contributed by atoms with E-state index in [2.05, 4.69) is 53.8 Å². The molecule has 2 amide bonds. The van der Waals surface area contributed by atoms with E-state index < -0.39 is 0 Å². The summed E-state index contributed by atoms with van der Waals surface area (Å²) in [7, 11) is 0. The second-order valence-electron chi connectivity index (χ2n) is 6.52. The molecule has 0 saturated carbocycles. The maximum Gasteiger partial charge on any atom is 0.315 e. The summed E-state index contributed by atoms with van der Waals surface area (Å²) in [5.41, 5.74) is 1.84. The summed E-state index contributed by atoms with van der Waals surface area (Å²) in [6.45, 7) is 7.22. The Labute approximate surface area is 143 Å². The number of nitrogens with zero attached hydrogens (tertiary/aromatic N) is 1. The minimum Gasteiger partial charge on any atom is -0.336 e. The molecule has 3 N–H and O–H groups in total. The molecule has 0 aliphatic rings. The molecule has 1 aromatic carbocycles. The molecule has 0 aliphatic heterocycles. The second kappa shape index (κ2) is 8.45. The number of carbonyl (C=O) groups is 1. The van der Waals surface area contributed by atoms with Gasteiger partial charge in [-0.15, -0.1) is 0 Å². The van der Waals surface area contributed by atoms with Crippen molar-refractivity contribution in [2.24, 2.45) is 0 Å². The third kappa shape index (κ3) is 6.01. The minimum absolute atomic E-state index is 0.192. The van der Waals surface area contributed by atoms with Crippen LogP contribution in [0.1, 0.15) is 38.1 Å². The lowest BCUT2D eigenvalue weighted by Crippen LogP contribution is -2.51. The van der Waals surface area contributed by atoms with Gasteiger partial charge >= 0.3 is 6.03 Å². The van der Waals surface area contributed by atoms with Crippen LogP contribution >= 0.6 is 0 Å². The first kappa shape index (κ1) is 17.9. The standard InChI is InChI=1S/C19H26N4O/c1-15(16-9-5-4-6-10-16)23-19(2,3)14-22-18(24)21-13-17-11-7-8-12-20-17/h4-12,15,23H,13-14H2,1-3H3,(H2,21,22,24)/t15-/m1/s1. The Morgan fingerprint density at radius 2 is 1.79 bits per heavy atom. The maximum absolute atomic E-state index is 11.9. The van der Waals surface area contributed by atoms with Gasteiger partial charge in [-0.05, 0) is 38.5 Å². The number of pyridine rings is 1. The van der Waals surface area contributed by atoms with Gasteiger partial charge in [0.15, 0.2) is 0 Å². The molecule has 0 spiro atoms. The summed E-state index contributed by atoms with van der Waals surface area (Å²) in [5.74, 6) is 0. The average molecular weight is 326 g/mol. The molecule has 1 aromatic heterocycles. The molecular formula is C19H26N4O. The van der Waals surface area contributed by atoms with Gasteiger partial charge in [0.05, 0.1) is 12.2 Å². The van der Waals surface area contributed by atoms with E-state index in [-0.39, 0.29) is 17.6 Å². The molecule has 0 radical (unpaired) electrons. The monoisotopic (exact) mass is 326 g/mol. The molecule has 0 saturated heterocycles. The van der Waals surface area contributed by atoms with Crippen LogP contribution in [-0.4, -0.2) is 23.1 Å². The largest absolute Gasteiger partial charge is 0.336 e. The van der Waals surface area contributed by atoms with Crippen LogP contribution in [0.15, 0.2) is 54.7 Å².